The van der Waals surface area contributed by atoms with Crippen molar-refractivity contribution in [3.8, 4) is 0 Å². The molecule has 1 saturated carbocycles. The lowest BCUT2D eigenvalue weighted by atomic mass is 9.75. The van der Waals surface area contributed by atoms with Gasteiger partial charge in [-0.1, -0.05) is 54.4 Å². The lowest BCUT2D eigenvalue weighted by Gasteiger charge is -2.33. The van der Waals surface area contributed by atoms with Gasteiger partial charge in [-0.25, -0.2) is 4.53 Å². The minimum atomic E-state index is 0.0595. The molecule has 0 heterocycles. The number of rotatable bonds is 2. The molecule has 0 spiro atoms. The summed E-state index contributed by atoms with van der Waals surface area (Å²) in [6, 6.07) is 0.427. The van der Waals surface area contributed by atoms with Crippen molar-refractivity contribution in [3.05, 3.63) is 0 Å². The summed E-state index contributed by atoms with van der Waals surface area (Å²) in [6.07, 6.45) is 4.91. The third-order valence-electron chi connectivity index (χ3n) is 3.24. The summed E-state index contributed by atoms with van der Waals surface area (Å²) >= 11 is 6.34. The molecule has 0 radical (unpaired) electrons. The topological polar surface area (TPSA) is 15.6 Å². The van der Waals surface area contributed by atoms with E-state index in [0.717, 1.165) is 0 Å². The van der Waals surface area contributed by atoms with Gasteiger partial charge in [-0.05, 0) is 12.8 Å². The Morgan fingerprint density at radius 3 is 1.76 bits per heavy atom. The lowest BCUT2D eigenvalue weighted by Crippen LogP contribution is -2.35. The first kappa shape index (κ1) is 14.8. The van der Waals surface area contributed by atoms with Crippen LogP contribution in [0.2, 0.25) is 0 Å². The molecule has 0 N–H and O–H groups in total. The Morgan fingerprint density at radius 2 is 1.41 bits per heavy atom. The molecular formula is C14H27ClN2. The van der Waals surface area contributed by atoms with Crippen LogP contribution in [-0.2, 0) is 0 Å². The van der Waals surface area contributed by atoms with Crippen molar-refractivity contribution in [1.82, 2.24) is 4.53 Å². The van der Waals surface area contributed by atoms with Crippen LogP contribution < -0.4 is 0 Å². The molecule has 0 aliphatic heterocycles. The van der Waals surface area contributed by atoms with Crippen molar-refractivity contribution < 1.29 is 0 Å². The fourth-order valence-electron chi connectivity index (χ4n) is 2.72. The predicted octanol–water partition coefficient (Wildman–Crippen LogP) is 4.83. The largest absolute Gasteiger partial charge is 0.203 e. The summed E-state index contributed by atoms with van der Waals surface area (Å²) in [5, 5.41) is 4.72. The highest BCUT2D eigenvalue weighted by molar-refractivity contribution is 6.14. The molecule has 0 aromatic heterocycles. The molecule has 1 aliphatic carbocycles. The van der Waals surface area contributed by atoms with Crippen LogP contribution >= 0.6 is 11.8 Å². The number of hydrazone groups is 1. The second kappa shape index (κ2) is 5.17. The number of nitrogens with zero attached hydrogens (tertiary/aromatic N) is 2. The van der Waals surface area contributed by atoms with Gasteiger partial charge in [-0.15, -0.1) is 0 Å². The Kier molecular flexibility index (Phi) is 4.51. The molecule has 0 aromatic rings. The molecular weight excluding hydrogens is 232 g/mol. The van der Waals surface area contributed by atoms with Gasteiger partial charge < -0.3 is 0 Å². The zero-order valence-electron chi connectivity index (χ0n) is 12.2. The smallest absolute Gasteiger partial charge is 0.0648 e. The van der Waals surface area contributed by atoms with Crippen LogP contribution in [0.3, 0.4) is 0 Å². The molecule has 1 aliphatic rings. The van der Waals surface area contributed by atoms with E-state index in [9.17, 15) is 0 Å². The molecule has 2 nitrogen and oxygen atoms in total. The van der Waals surface area contributed by atoms with Crippen LogP contribution in [0, 0.1) is 10.8 Å². The minimum absolute atomic E-state index is 0.0595. The van der Waals surface area contributed by atoms with Crippen LogP contribution in [0.1, 0.15) is 67.2 Å². The molecule has 100 valence electrons. The third-order valence-corrected chi connectivity index (χ3v) is 3.59. The molecule has 3 heteroatoms. The first-order valence-electron chi connectivity index (χ1n) is 6.67. The molecule has 1 rings (SSSR count). The van der Waals surface area contributed by atoms with Gasteiger partial charge in [0.2, 0.25) is 0 Å². The van der Waals surface area contributed by atoms with E-state index >= 15 is 0 Å². The highest BCUT2D eigenvalue weighted by atomic mass is 35.5. The van der Waals surface area contributed by atoms with Crippen molar-refractivity contribution in [2.45, 2.75) is 73.3 Å². The molecule has 0 amide bonds. The number of halogens is 1. The Bertz CT molecular complexity index is 262. The average molecular weight is 259 g/mol. The average Bonchev–Trinajstić information content (AvgIpc) is 2.62. The van der Waals surface area contributed by atoms with Gasteiger partial charge in [0.15, 0.2) is 0 Å². The molecule has 17 heavy (non-hydrogen) atoms. The third kappa shape index (κ3) is 4.17. The summed E-state index contributed by atoms with van der Waals surface area (Å²) in [5.74, 6) is 0. The van der Waals surface area contributed by atoms with Gasteiger partial charge in [0.05, 0.1) is 11.8 Å². The molecule has 1 fully saturated rings. The van der Waals surface area contributed by atoms with Gasteiger partial charge in [0.1, 0.15) is 0 Å². The van der Waals surface area contributed by atoms with Crippen molar-refractivity contribution >= 4 is 17.5 Å². The molecule has 0 aromatic carbocycles. The summed E-state index contributed by atoms with van der Waals surface area (Å²) < 4.78 is 1.69. The summed E-state index contributed by atoms with van der Waals surface area (Å²) in [4.78, 5) is 0. The Balaban J connectivity index is 2.89. The Labute approximate surface area is 112 Å². The maximum Gasteiger partial charge on any atom is 0.0648 e. The van der Waals surface area contributed by atoms with E-state index in [1.807, 2.05) is 0 Å². The van der Waals surface area contributed by atoms with Crippen LogP contribution in [0.15, 0.2) is 5.10 Å². The SMILES string of the molecule is CC(C)(C)C(=NN(Cl)C1CCCC1)C(C)(C)C. The van der Waals surface area contributed by atoms with E-state index in [0.29, 0.717) is 6.04 Å². The van der Waals surface area contributed by atoms with E-state index < -0.39 is 0 Å². The zero-order chi connectivity index (χ0) is 13.3. The van der Waals surface area contributed by atoms with Crippen LogP contribution in [0.5, 0.6) is 0 Å². The molecule has 0 bridgehead atoms. The van der Waals surface area contributed by atoms with Gasteiger partial charge >= 0.3 is 0 Å². The van der Waals surface area contributed by atoms with Gasteiger partial charge in [0.25, 0.3) is 0 Å². The maximum absolute atomic E-state index is 6.34. The number of hydrogen-bond acceptors (Lipinski definition) is 2. The number of hydrogen-bond donors (Lipinski definition) is 0. The summed E-state index contributed by atoms with van der Waals surface area (Å²) in [7, 11) is 0. The normalized spacial score (nSPS) is 18.3. The lowest BCUT2D eigenvalue weighted by molar-refractivity contribution is 0.342. The minimum Gasteiger partial charge on any atom is -0.203 e. The zero-order valence-corrected chi connectivity index (χ0v) is 12.9. The quantitative estimate of drug-likeness (QED) is 0.393. The molecule has 0 saturated heterocycles. The highest BCUT2D eigenvalue weighted by Crippen LogP contribution is 2.32. The summed E-state index contributed by atoms with van der Waals surface area (Å²) in [6.45, 7) is 13.2. The van der Waals surface area contributed by atoms with Gasteiger partial charge in [-0.2, -0.15) is 5.10 Å². The van der Waals surface area contributed by atoms with Crippen LogP contribution in [0.25, 0.3) is 0 Å². The van der Waals surface area contributed by atoms with E-state index in [4.69, 9.17) is 16.9 Å². The van der Waals surface area contributed by atoms with Gasteiger partial charge in [0, 0.05) is 22.6 Å². The van der Waals surface area contributed by atoms with Crippen molar-refractivity contribution in [3.63, 3.8) is 0 Å². The molecule has 0 atom stereocenters. The standard InChI is InChI=1S/C14H27ClN2/c1-13(2,3)12(14(4,5)6)16-17(15)11-9-7-8-10-11/h11H,7-10H2,1-6H3. The second-order valence-corrected chi connectivity index (χ2v) is 7.52. The second-order valence-electron chi connectivity index (χ2n) is 7.18. The van der Waals surface area contributed by atoms with E-state index in [1.54, 1.807) is 4.53 Å². The van der Waals surface area contributed by atoms with E-state index in [1.165, 1.54) is 31.4 Å². The van der Waals surface area contributed by atoms with Crippen LogP contribution in [0.4, 0.5) is 0 Å². The predicted molar refractivity (Wildman–Crippen MR) is 76.3 cm³/mol. The fraction of sp³-hybridized carbons (Fsp3) is 0.929. The van der Waals surface area contributed by atoms with E-state index in [2.05, 4.69) is 41.5 Å². The Hall–Kier alpha value is -0.240. The van der Waals surface area contributed by atoms with Crippen LogP contribution in [-0.4, -0.2) is 16.3 Å². The van der Waals surface area contributed by atoms with E-state index in [-0.39, 0.29) is 10.8 Å². The monoisotopic (exact) mass is 258 g/mol. The maximum atomic E-state index is 6.34. The summed E-state index contributed by atoms with van der Waals surface area (Å²) in [5.41, 5.74) is 1.29. The first-order valence-corrected chi connectivity index (χ1v) is 7.01. The highest BCUT2D eigenvalue weighted by Gasteiger charge is 2.32. The van der Waals surface area contributed by atoms with Crippen molar-refractivity contribution in [2.75, 3.05) is 0 Å². The fourth-order valence-corrected chi connectivity index (χ4v) is 2.99. The van der Waals surface area contributed by atoms with Crippen molar-refractivity contribution in [2.24, 2.45) is 15.9 Å². The Morgan fingerprint density at radius 1 is 1.00 bits per heavy atom. The van der Waals surface area contributed by atoms with Crippen molar-refractivity contribution in [1.29, 1.82) is 0 Å². The molecule has 0 unspecified atom stereocenters. The van der Waals surface area contributed by atoms with Gasteiger partial charge in [-0.3, -0.25) is 0 Å². The first-order chi connectivity index (χ1) is 7.62.